The lowest BCUT2D eigenvalue weighted by Crippen LogP contribution is -2.05. The molecule has 14 heavy (non-hydrogen) atoms. The zero-order chi connectivity index (χ0) is 10.7. The maximum atomic E-state index is 11.8. The summed E-state index contributed by atoms with van der Waals surface area (Å²) in [7, 11) is 0. The molecule has 76 valence electrons. The van der Waals surface area contributed by atoms with Crippen LogP contribution in [0.25, 0.3) is 0 Å². The summed E-state index contributed by atoms with van der Waals surface area (Å²) in [5.41, 5.74) is 1.76. The smallest absolute Gasteiger partial charge is 0.163 e. The number of ketones is 1. The molecule has 0 unspecified atom stereocenters. The first-order chi connectivity index (χ1) is 6.50. The molecule has 0 radical (unpaired) electrons. The third-order valence-electron chi connectivity index (χ3n) is 2.09. The van der Waals surface area contributed by atoms with Crippen LogP contribution in [-0.2, 0) is 0 Å². The lowest BCUT2D eigenvalue weighted by molar-refractivity contribution is 0.0967. The van der Waals surface area contributed by atoms with Gasteiger partial charge in [-0.3, -0.25) is 4.79 Å². The number of hydrogen-bond donors (Lipinski definition) is 0. The fourth-order valence-electron chi connectivity index (χ4n) is 1.38. The lowest BCUT2D eigenvalue weighted by Gasteiger charge is -2.07. The van der Waals surface area contributed by atoms with Gasteiger partial charge in [-0.05, 0) is 30.5 Å². The summed E-state index contributed by atoms with van der Waals surface area (Å²) in [6.07, 6.45) is 0.585. The van der Waals surface area contributed by atoms with Crippen molar-refractivity contribution in [1.29, 1.82) is 0 Å². The SMILES string of the molecule is Cc1ccc(Cl)cc1C(=O)CC(C)C. The monoisotopic (exact) mass is 210 g/mol. The fraction of sp³-hybridized carbons (Fsp3) is 0.417. The average Bonchev–Trinajstić information content (AvgIpc) is 2.08. The Balaban J connectivity index is 2.94. The summed E-state index contributed by atoms with van der Waals surface area (Å²) < 4.78 is 0. The van der Waals surface area contributed by atoms with Gasteiger partial charge in [-0.2, -0.15) is 0 Å². The van der Waals surface area contributed by atoms with Gasteiger partial charge in [-0.25, -0.2) is 0 Å². The van der Waals surface area contributed by atoms with Crippen molar-refractivity contribution in [1.82, 2.24) is 0 Å². The van der Waals surface area contributed by atoms with E-state index in [1.807, 2.05) is 32.9 Å². The molecule has 0 amide bonds. The van der Waals surface area contributed by atoms with E-state index in [2.05, 4.69) is 0 Å². The molecule has 0 aliphatic heterocycles. The predicted molar refractivity (Wildman–Crippen MR) is 60.0 cm³/mol. The first kappa shape index (κ1) is 11.3. The number of Topliss-reactive ketones (excluding diaryl/α,β-unsaturated/α-hetero) is 1. The summed E-state index contributed by atoms with van der Waals surface area (Å²) in [6.45, 7) is 6.01. The lowest BCUT2D eigenvalue weighted by atomic mass is 9.98. The van der Waals surface area contributed by atoms with Crippen LogP contribution >= 0.6 is 11.6 Å². The van der Waals surface area contributed by atoms with Crippen LogP contribution in [0.1, 0.15) is 36.2 Å². The van der Waals surface area contributed by atoms with Gasteiger partial charge in [0.15, 0.2) is 5.78 Å². The number of aryl methyl sites for hydroxylation is 1. The predicted octanol–water partition coefficient (Wildman–Crippen LogP) is 3.88. The van der Waals surface area contributed by atoms with Gasteiger partial charge in [0.1, 0.15) is 0 Å². The Morgan fingerprint density at radius 3 is 2.64 bits per heavy atom. The van der Waals surface area contributed by atoms with Gasteiger partial charge in [0.2, 0.25) is 0 Å². The van der Waals surface area contributed by atoms with E-state index in [1.165, 1.54) is 0 Å². The summed E-state index contributed by atoms with van der Waals surface area (Å²) in [4.78, 5) is 11.8. The number of rotatable bonds is 3. The Hall–Kier alpha value is -0.820. The van der Waals surface area contributed by atoms with Crippen molar-refractivity contribution < 1.29 is 4.79 Å². The molecule has 0 heterocycles. The van der Waals surface area contributed by atoms with Crippen molar-refractivity contribution >= 4 is 17.4 Å². The highest BCUT2D eigenvalue weighted by molar-refractivity contribution is 6.31. The van der Waals surface area contributed by atoms with Crippen LogP contribution in [0.5, 0.6) is 0 Å². The molecule has 1 aromatic carbocycles. The molecule has 0 fully saturated rings. The van der Waals surface area contributed by atoms with Gasteiger partial charge in [-0.1, -0.05) is 31.5 Å². The van der Waals surface area contributed by atoms with Crippen LogP contribution in [0.15, 0.2) is 18.2 Å². The molecule has 1 rings (SSSR count). The minimum Gasteiger partial charge on any atom is -0.294 e. The van der Waals surface area contributed by atoms with Gasteiger partial charge in [-0.15, -0.1) is 0 Å². The molecule has 0 atom stereocenters. The number of carbonyl (C=O) groups is 1. The van der Waals surface area contributed by atoms with Crippen LogP contribution in [0.3, 0.4) is 0 Å². The van der Waals surface area contributed by atoms with Crippen molar-refractivity contribution in [2.75, 3.05) is 0 Å². The Morgan fingerprint density at radius 1 is 1.43 bits per heavy atom. The average molecular weight is 211 g/mol. The molecule has 0 aliphatic carbocycles. The highest BCUT2D eigenvalue weighted by Gasteiger charge is 2.10. The second-order valence-electron chi connectivity index (χ2n) is 3.98. The molecule has 0 saturated heterocycles. The fourth-order valence-corrected chi connectivity index (χ4v) is 1.55. The molecule has 1 aromatic rings. The highest BCUT2D eigenvalue weighted by Crippen LogP contribution is 2.18. The van der Waals surface area contributed by atoms with Crippen molar-refractivity contribution in [2.45, 2.75) is 27.2 Å². The number of hydrogen-bond acceptors (Lipinski definition) is 1. The number of halogens is 1. The normalized spacial score (nSPS) is 10.6. The van der Waals surface area contributed by atoms with Gasteiger partial charge in [0.05, 0.1) is 0 Å². The van der Waals surface area contributed by atoms with Gasteiger partial charge >= 0.3 is 0 Å². The Bertz CT molecular complexity index is 342. The first-order valence-corrected chi connectivity index (χ1v) is 5.18. The van der Waals surface area contributed by atoms with Crippen molar-refractivity contribution in [3.05, 3.63) is 34.3 Å². The van der Waals surface area contributed by atoms with E-state index in [1.54, 1.807) is 6.07 Å². The minimum absolute atomic E-state index is 0.181. The summed E-state index contributed by atoms with van der Waals surface area (Å²) >= 11 is 5.85. The zero-order valence-corrected chi connectivity index (χ0v) is 9.56. The number of benzene rings is 1. The molecular formula is C12H15ClO. The molecule has 0 N–H and O–H groups in total. The molecule has 1 nitrogen and oxygen atoms in total. The van der Waals surface area contributed by atoms with E-state index in [0.29, 0.717) is 17.4 Å². The van der Waals surface area contributed by atoms with E-state index in [4.69, 9.17) is 11.6 Å². The molecule has 0 aromatic heterocycles. The topological polar surface area (TPSA) is 17.1 Å². The molecule has 0 aliphatic rings. The van der Waals surface area contributed by atoms with E-state index < -0.39 is 0 Å². The molecular weight excluding hydrogens is 196 g/mol. The maximum Gasteiger partial charge on any atom is 0.163 e. The highest BCUT2D eigenvalue weighted by atomic mass is 35.5. The maximum absolute atomic E-state index is 11.8. The van der Waals surface area contributed by atoms with E-state index in [9.17, 15) is 4.79 Å². The summed E-state index contributed by atoms with van der Waals surface area (Å²) in [5.74, 6) is 0.570. The standard InChI is InChI=1S/C12H15ClO/c1-8(2)6-12(14)11-7-10(13)5-4-9(11)3/h4-5,7-8H,6H2,1-3H3. The van der Waals surface area contributed by atoms with Gasteiger partial charge < -0.3 is 0 Å². The molecule has 0 bridgehead atoms. The van der Waals surface area contributed by atoms with Crippen LogP contribution < -0.4 is 0 Å². The zero-order valence-electron chi connectivity index (χ0n) is 8.80. The van der Waals surface area contributed by atoms with Crippen LogP contribution in [0.2, 0.25) is 5.02 Å². The van der Waals surface area contributed by atoms with E-state index in [-0.39, 0.29) is 5.78 Å². The van der Waals surface area contributed by atoms with Crippen molar-refractivity contribution in [3.8, 4) is 0 Å². The van der Waals surface area contributed by atoms with Crippen LogP contribution in [0.4, 0.5) is 0 Å². The van der Waals surface area contributed by atoms with Gasteiger partial charge in [0.25, 0.3) is 0 Å². The van der Waals surface area contributed by atoms with Crippen molar-refractivity contribution in [3.63, 3.8) is 0 Å². The third-order valence-corrected chi connectivity index (χ3v) is 2.33. The molecule has 0 saturated carbocycles. The second kappa shape index (κ2) is 4.61. The minimum atomic E-state index is 0.181. The van der Waals surface area contributed by atoms with E-state index >= 15 is 0 Å². The largest absolute Gasteiger partial charge is 0.294 e. The quantitative estimate of drug-likeness (QED) is 0.692. The van der Waals surface area contributed by atoms with E-state index in [0.717, 1.165) is 11.1 Å². The molecule has 0 spiro atoms. The Labute approximate surface area is 90.1 Å². The first-order valence-electron chi connectivity index (χ1n) is 4.80. The summed E-state index contributed by atoms with van der Waals surface area (Å²) in [5, 5.41) is 0.628. The van der Waals surface area contributed by atoms with Gasteiger partial charge in [0, 0.05) is 17.0 Å². The van der Waals surface area contributed by atoms with Crippen LogP contribution in [0, 0.1) is 12.8 Å². The summed E-state index contributed by atoms with van der Waals surface area (Å²) in [6, 6.07) is 5.44. The Kier molecular flexibility index (Phi) is 3.70. The molecule has 2 heteroatoms. The Morgan fingerprint density at radius 2 is 2.07 bits per heavy atom. The van der Waals surface area contributed by atoms with Crippen molar-refractivity contribution in [2.24, 2.45) is 5.92 Å². The third kappa shape index (κ3) is 2.85. The number of carbonyl (C=O) groups excluding carboxylic acids is 1. The van der Waals surface area contributed by atoms with Crippen LogP contribution in [-0.4, -0.2) is 5.78 Å². The second-order valence-corrected chi connectivity index (χ2v) is 4.42.